The number of thiazole rings is 1. The Hall–Kier alpha value is -2.19. The maximum Gasteiger partial charge on any atom is 0.340 e. The number of carbonyl (C=O) groups is 1. The van der Waals surface area contributed by atoms with Gasteiger partial charge < -0.3 is 9.26 Å². The van der Waals surface area contributed by atoms with Gasteiger partial charge in [0.2, 0.25) is 0 Å². The molecule has 0 radical (unpaired) electrons. The second-order valence-corrected chi connectivity index (χ2v) is 7.35. The van der Waals surface area contributed by atoms with Crippen molar-refractivity contribution in [2.75, 3.05) is 0 Å². The molecule has 1 unspecified atom stereocenters. The lowest BCUT2D eigenvalue weighted by Gasteiger charge is -2.11. The highest BCUT2D eigenvalue weighted by Crippen LogP contribution is 2.28. The first-order chi connectivity index (χ1) is 12.7. The molecule has 2 aromatic heterocycles. The Morgan fingerprint density at radius 1 is 1.38 bits per heavy atom. The Bertz CT molecular complexity index is 849. The SMILES string of the molecule is CCCc1noc(C(C)OC(=O)c2ccccc2SCc2cscn2)n1. The van der Waals surface area contributed by atoms with E-state index in [1.54, 1.807) is 41.6 Å². The molecule has 26 heavy (non-hydrogen) atoms. The van der Waals surface area contributed by atoms with Crippen LogP contribution in [-0.2, 0) is 16.9 Å². The lowest BCUT2D eigenvalue weighted by atomic mass is 10.2. The molecule has 1 aromatic carbocycles. The Balaban J connectivity index is 1.66. The average molecular weight is 390 g/mol. The number of aryl methyl sites for hydroxylation is 1. The third-order valence-electron chi connectivity index (χ3n) is 3.55. The van der Waals surface area contributed by atoms with E-state index < -0.39 is 12.1 Å². The smallest absolute Gasteiger partial charge is 0.340 e. The first-order valence-corrected chi connectivity index (χ1v) is 10.2. The van der Waals surface area contributed by atoms with Crippen LogP contribution in [-0.4, -0.2) is 21.1 Å². The van der Waals surface area contributed by atoms with Crippen molar-refractivity contribution in [3.8, 4) is 0 Å². The molecule has 0 bridgehead atoms. The number of thioether (sulfide) groups is 1. The van der Waals surface area contributed by atoms with Gasteiger partial charge in [-0.1, -0.05) is 24.2 Å². The molecule has 0 N–H and O–H groups in total. The number of carbonyl (C=O) groups excluding carboxylic acids is 1. The first kappa shape index (κ1) is 18.6. The maximum absolute atomic E-state index is 12.6. The Morgan fingerprint density at radius 2 is 2.23 bits per heavy atom. The Labute approximate surface area is 160 Å². The summed E-state index contributed by atoms with van der Waals surface area (Å²) in [6.45, 7) is 3.77. The zero-order valence-electron chi connectivity index (χ0n) is 14.5. The van der Waals surface area contributed by atoms with Crippen LogP contribution in [0.15, 0.2) is 44.6 Å². The predicted octanol–water partition coefficient (Wildman–Crippen LogP) is 4.69. The van der Waals surface area contributed by atoms with Gasteiger partial charge in [0.25, 0.3) is 5.89 Å². The van der Waals surface area contributed by atoms with Crippen molar-refractivity contribution < 1.29 is 14.1 Å². The summed E-state index contributed by atoms with van der Waals surface area (Å²) in [5.41, 5.74) is 3.31. The monoisotopic (exact) mass is 389 g/mol. The van der Waals surface area contributed by atoms with Crippen LogP contribution in [0.25, 0.3) is 0 Å². The van der Waals surface area contributed by atoms with Crippen molar-refractivity contribution in [3.05, 3.63) is 58.1 Å². The minimum Gasteiger partial charge on any atom is -0.449 e. The summed E-state index contributed by atoms with van der Waals surface area (Å²) >= 11 is 3.12. The van der Waals surface area contributed by atoms with E-state index in [-0.39, 0.29) is 0 Å². The molecule has 2 heterocycles. The van der Waals surface area contributed by atoms with Crippen LogP contribution >= 0.6 is 23.1 Å². The van der Waals surface area contributed by atoms with Gasteiger partial charge in [-0.15, -0.1) is 23.1 Å². The van der Waals surface area contributed by atoms with Gasteiger partial charge in [-0.2, -0.15) is 4.98 Å². The van der Waals surface area contributed by atoms with Gasteiger partial charge in [0, 0.05) is 22.4 Å². The van der Waals surface area contributed by atoms with Crippen LogP contribution < -0.4 is 0 Å². The van der Waals surface area contributed by atoms with Crippen molar-refractivity contribution in [1.82, 2.24) is 15.1 Å². The molecule has 1 atom stereocenters. The van der Waals surface area contributed by atoms with Crippen molar-refractivity contribution in [2.45, 2.75) is 43.4 Å². The molecule has 0 aliphatic carbocycles. The number of aromatic nitrogens is 3. The van der Waals surface area contributed by atoms with Gasteiger partial charge in [0.1, 0.15) is 0 Å². The summed E-state index contributed by atoms with van der Waals surface area (Å²) < 4.78 is 10.7. The summed E-state index contributed by atoms with van der Waals surface area (Å²) in [7, 11) is 0. The van der Waals surface area contributed by atoms with Crippen LogP contribution in [0, 0.1) is 0 Å². The highest BCUT2D eigenvalue weighted by atomic mass is 32.2. The minimum absolute atomic E-state index is 0.314. The van der Waals surface area contributed by atoms with Gasteiger partial charge in [-0.05, 0) is 25.5 Å². The van der Waals surface area contributed by atoms with Crippen LogP contribution in [0.1, 0.15) is 54.1 Å². The van der Waals surface area contributed by atoms with Crippen molar-refractivity contribution in [3.63, 3.8) is 0 Å². The molecule has 8 heteroatoms. The van der Waals surface area contributed by atoms with E-state index in [4.69, 9.17) is 9.26 Å². The molecule has 0 amide bonds. The normalized spacial score (nSPS) is 12.1. The molecule has 136 valence electrons. The van der Waals surface area contributed by atoms with E-state index in [9.17, 15) is 4.79 Å². The van der Waals surface area contributed by atoms with Gasteiger partial charge >= 0.3 is 5.97 Å². The number of esters is 1. The molecule has 3 aromatic rings. The van der Waals surface area contributed by atoms with Crippen LogP contribution in [0.3, 0.4) is 0 Å². The zero-order valence-corrected chi connectivity index (χ0v) is 16.2. The van der Waals surface area contributed by atoms with Crippen molar-refractivity contribution >= 4 is 29.1 Å². The third kappa shape index (κ3) is 4.70. The molecule has 3 rings (SSSR count). The molecule has 0 saturated carbocycles. The van der Waals surface area contributed by atoms with E-state index in [1.165, 1.54) is 0 Å². The van der Waals surface area contributed by atoms with Crippen LogP contribution in [0.4, 0.5) is 0 Å². The third-order valence-corrected chi connectivity index (χ3v) is 5.30. The van der Waals surface area contributed by atoms with E-state index in [0.29, 0.717) is 23.0 Å². The number of hydrogen-bond acceptors (Lipinski definition) is 8. The summed E-state index contributed by atoms with van der Waals surface area (Å²) in [6.07, 6.45) is 1.06. The number of ether oxygens (including phenoxy) is 1. The number of hydrogen-bond donors (Lipinski definition) is 0. The summed E-state index contributed by atoms with van der Waals surface area (Å²) in [6, 6.07) is 7.39. The standard InChI is InChI=1S/C18H19N3O3S2/c1-3-6-16-20-17(24-21-16)12(2)23-18(22)14-7-4-5-8-15(14)26-10-13-9-25-11-19-13/h4-5,7-9,11-12H,3,6,10H2,1-2H3. The summed E-state index contributed by atoms with van der Waals surface area (Å²) in [5.74, 6) is 1.24. The number of benzene rings is 1. The van der Waals surface area contributed by atoms with Crippen molar-refractivity contribution in [2.24, 2.45) is 0 Å². The lowest BCUT2D eigenvalue weighted by molar-refractivity contribution is 0.0261. The van der Waals surface area contributed by atoms with E-state index in [2.05, 4.69) is 15.1 Å². The molecule has 6 nitrogen and oxygen atoms in total. The maximum atomic E-state index is 12.6. The molecular formula is C18H19N3O3S2. The van der Waals surface area contributed by atoms with Gasteiger partial charge in [0.05, 0.1) is 16.8 Å². The molecule has 0 fully saturated rings. The quantitative estimate of drug-likeness (QED) is 0.408. The molecule has 0 saturated heterocycles. The van der Waals surface area contributed by atoms with E-state index >= 15 is 0 Å². The first-order valence-electron chi connectivity index (χ1n) is 8.29. The Kier molecular flexibility index (Phi) is 6.40. The second kappa shape index (κ2) is 8.95. The van der Waals surface area contributed by atoms with Crippen molar-refractivity contribution in [1.29, 1.82) is 0 Å². The lowest BCUT2D eigenvalue weighted by Crippen LogP contribution is -2.10. The average Bonchev–Trinajstić information content (AvgIpc) is 3.32. The van der Waals surface area contributed by atoms with Crippen LogP contribution in [0.5, 0.6) is 0 Å². The van der Waals surface area contributed by atoms with Gasteiger partial charge in [0.15, 0.2) is 11.9 Å². The fourth-order valence-corrected chi connectivity index (χ4v) is 3.86. The van der Waals surface area contributed by atoms with E-state index in [0.717, 1.165) is 23.4 Å². The topological polar surface area (TPSA) is 78.1 Å². The number of nitrogens with zero attached hydrogens (tertiary/aromatic N) is 3. The summed E-state index contributed by atoms with van der Waals surface area (Å²) in [4.78, 5) is 22.0. The minimum atomic E-state index is -0.600. The molecule has 0 spiro atoms. The molecular weight excluding hydrogens is 370 g/mol. The number of rotatable bonds is 8. The highest BCUT2D eigenvalue weighted by Gasteiger charge is 2.21. The largest absolute Gasteiger partial charge is 0.449 e. The molecule has 0 aliphatic heterocycles. The highest BCUT2D eigenvalue weighted by molar-refractivity contribution is 7.98. The van der Waals surface area contributed by atoms with Crippen LogP contribution in [0.2, 0.25) is 0 Å². The zero-order chi connectivity index (χ0) is 18.4. The second-order valence-electron chi connectivity index (χ2n) is 5.61. The fraction of sp³-hybridized carbons (Fsp3) is 0.333. The predicted molar refractivity (Wildman–Crippen MR) is 100 cm³/mol. The van der Waals surface area contributed by atoms with E-state index in [1.807, 2.05) is 30.5 Å². The fourth-order valence-electron chi connectivity index (χ4n) is 2.25. The van der Waals surface area contributed by atoms with Gasteiger partial charge in [-0.25, -0.2) is 9.78 Å². The Morgan fingerprint density at radius 3 is 3.00 bits per heavy atom. The van der Waals surface area contributed by atoms with Gasteiger partial charge in [-0.3, -0.25) is 0 Å². The molecule has 0 aliphatic rings. The summed E-state index contributed by atoms with van der Waals surface area (Å²) in [5, 5.41) is 5.89.